The minimum Gasteiger partial charge on any atom is -0.497 e. The lowest BCUT2D eigenvalue weighted by molar-refractivity contribution is -0.137. The van der Waals surface area contributed by atoms with Crippen LogP contribution in [0.25, 0.3) is 5.57 Å². The molecule has 0 fully saturated rings. The lowest BCUT2D eigenvalue weighted by Gasteiger charge is -2.15. The third kappa shape index (κ3) is 2.90. The Morgan fingerprint density at radius 1 is 1.00 bits per heavy atom. The van der Waals surface area contributed by atoms with Crippen LogP contribution >= 0.6 is 11.6 Å². The summed E-state index contributed by atoms with van der Waals surface area (Å²) in [6.07, 6.45) is 0. The van der Waals surface area contributed by atoms with Crippen LogP contribution in [-0.4, -0.2) is 23.8 Å². The van der Waals surface area contributed by atoms with Gasteiger partial charge >= 0.3 is 0 Å². The van der Waals surface area contributed by atoms with E-state index < -0.39 is 17.6 Å². The fraction of sp³-hybridized carbons (Fsp3) is 0.111. The zero-order valence-corrected chi connectivity index (χ0v) is 13.5. The fourth-order valence-corrected chi connectivity index (χ4v) is 2.76. The number of hydrogen-bond acceptors (Lipinski definition) is 3. The summed E-state index contributed by atoms with van der Waals surface area (Å²) in [7, 11) is 1.56. The van der Waals surface area contributed by atoms with Crippen LogP contribution in [0.5, 0.6) is 5.75 Å². The average Bonchev–Trinajstić information content (AvgIpc) is 2.80. The van der Waals surface area contributed by atoms with E-state index in [-0.39, 0.29) is 17.2 Å². The summed E-state index contributed by atoms with van der Waals surface area (Å²) in [5.74, 6) is -0.799. The highest BCUT2D eigenvalue weighted by Crippen LogP contribution is 2.32. The average molecular weight is 346 g/mol. The Bertz CT molecular complexity index is 828. The molecule has 0 spiro atoms. The van der Waals surface area contributed by atoms with Crippen molar-refractivity contribution >= 4 is 29.0 Å². The van der Waals surface area contributed by atoms with Gasteiger partial charge in [0.15, 0.2) is 0 Å². The summed E-state index contributed by atoms with van der Waals surface area (Å²) in [6, 6.07) is 12.3. The summed E-state index contributed by atoms with van der Waals surface area (Å²) in [5, 5.41) is -0.153. The zero-order valence-electron chi connectivity index (χ0n) is 12.8. The Morgan fingerprint density at radius 3 is 2.21 bits per heavy atom. The van der Waals surface area contributed by atoms with Crippen LogP contribution in [0.1, 0.15) is 11.1 Å². The fourth-order valence-electron chi connectivity index (χ4n) is 2.47. The molecule has 2 aromatic rings. The third-order valence-corrected chi connectivity index (χ3v) is 4.09. The lowest BCUT2D eigenvalue weighted by Crippen LogP contribution is -2.30. The molecule has 0 saturated heterocycles. The second-order valence-corrected chi connectivity index (χ2v) is 5.62. The van der Waals surface area contributed by atoms with Crippen LogP contribution in [0.3, 0.4) is 0 Å². The highest BCUT2D eigenvalue weighted by atomic mass is 35.5. The number of benzene rings is 2. The van der Waals surface area contributed by atoms with E-state index in [1.807, 2.05) is 0 Å². The minimum absolute atomic E-state index is 0.0928. The molecule has 1 aliphatic rings. The van der Waals surface area contributed by atoms with E-state index in [0.29, 0.717) is 11.3 Å². The van der Waals surface area contributed by atoms with Crippen LogP contribution in [0.2, 0.25) is 0 Å². The van der Waals surface area contributed by atoms with Crippen molar-refractivity contribution in [1.82, 2.24) is 4.90 Å². The molecule has 0 N–H and O–H groups in total. The minimum atomic E-state index is -0.559. The maximum absolute atomic E-state index is 13.0. The summed E-state index contributed by atoms with van der Waals surface area (Å²) in [5.41, 5.74) is 1.27. The molecule has 0 bridgehead atoms. The van der Waals surface area contributed by atoms with Crippen molar-refractivity contribution in [2.75, 3.05) is 7.11 Å². The molecule has 2 amide bonds. The van der Waals surface area contributed by atoms with Gasteiger partial charge in [0.2, 0.25) is 0 Å². The molecule has 0 atom stereocenters. The van der Waals surface area contributed by atoms with Crippen LogP contribution in [0.4, 0.5) is 4.39 Å². The van der Waals surface area contributed by atoms with Gasteiger partial charge in [-0.1, -0.05) is 35.9 Å². The molecule has 0 saturated carbocycles. The predicted molar refractivity (Wildman–Crippen MR) is 87.7 cm³/mol. The number of hydrogen-bond donors (Lipinski definition) is 0. The van der Waals surface area contributed by atoms with Crippen LogP contribution in [0, 0.1) is 5.82 Å². The topological polar surface area (TPSA) is 46.6 Å². The van der Waals surface area contributed by atoms with Crippen molar-refractivity contribution in [2.45, 2.75) is 6.54 Å². The van der Waals surface area contributed by atoms with Gasteiger partial charge in [0.1, 0.15) is 16.6 Å². The molecule has 2 aromatic carbocycles. The molecule has 0 aliphatic carbocycles. The van der Waals surface area contributed by atoms with E-state index >= 15 is 0 Å². The second kappa shape index (κ2) is 6.45. The molecule has 0 aromatic heterocycles. The molecule has 24 heavy (non-hydrogen) atoms. The number of imide groups is 1. The van der Waals surface area contributed by atoms with Crippen molar-refractivity contribution in [3.05, 3.63) is 70.5 Å². The van der Waals surface area contributed by atoms with E-state index in [1.165, 1.54) is 24.3 Å². The van der Waals surface area contributed by atoms with Crippen molar-refractivity contribution in [2.24, 2.45) is 0 Å². The first-order valence-electron chi connectivity index (χ1n) is 7.16. The quantitative estimate of drug-likeness (QED) is 0.798. The molecule has 3 rings (SSSR count). The molecular formula is C18H13ClFNO3. The van der Waals surface area contributed by atoms with Crippen molar-refractivity contribution in [3.63, 3.8) is 0 Å². The Balaban J connectivity index is 1.86. The number of carbonyl (C=O) groups is 2. The van der Waals surface area contributed by atoms with Gasteiger partial charge in [0.25, 0.3) is 11.8 Å². The van der Waals surface area contributed by atoms with E-state index in [9.17, 15) is 14.0 Å². The number of rotatable bonds is 4. The van der Waals surface area contributed by atoms with Gasteiger partial charge in [-0.15, -0.1) is 0 Å². The van der Waals surface area contributed by atoms with Crippen molar-refractivity contribution < 1.29 is 18.7 Å². The van der Waals surface area contributed by atoms with Gasteiger partial charge in [-0.05, 0) is 35.4 Å². The number of nitrogens with zero attached hydrogens (tertiary/aromatic N) is 1. The first kappa shape index (κ1) is 16.2. The van der Waals surface area contributed by atoms with Gasteiger partial charge < -0.3 is 4.74 Å². The predicted octanol–water partition coefficient (Wildman–Crippen LogP) is 3.35. The van der Waals surface area contributed by atoms with Gasteiger partial charge in [-0.25, -0.2) is 4.39 Å². The molecule has 4 nitrogen and oxygen atoms in total. The first-order chi connectivity index (χ1) is 11.5. The monoisotopic (exact) mass is 345 g/mol. The summed E-state index contributed by atoms with van der Waals surface area (Å²) < 4.78 is 18.1. The lowest BCUT2D eigenvalue weighted by atomic mass is 10.1. The molecule has 0 unspecified atom stereocenters. The van der Waals surface area contributed by atoms with Crippen molar-refractivity contribution in [1.29, 1.82) is 0 Å². The Labute approximate surface area is 143 Å². The van der Waals surface area contributed by atoms with Gasteiger partial charge in [0, 0.05) is 0 Å². The largest absolute Gasteiger partial charge is 0.497 e. The van der Waals surface area contributed by atoms with E-state index in [2.05, 4.69) is 0 Å². The van der Waals surface area contributed by atoms with Crippen LogP contribution in [-0.2, 0) is 16.1 Å². The number of methoxy groups -OCH3 is 1. The molecule has 0 radical (unpaired) electrons. The van der Waals surface area contributed by atoms with Crippen LogP contribution < -0.4 is 4.74 Å². The highest BCUT2D eigenvalue weighted by Gasteiger charge is 2.38. The normalized spacial score (nSPS) is 14.5. The van der Waals surface area contributed by atoms with Gasteiger partial charge in [-0.3, -0.25) is 14.5 Å². The van der Waals surface area contributed by atoms with E-state index in [1.54, 1.807) is 31.4 Å². The maximum Gasteiger partial charge on any atom is 0.273 e. The number of ether oxygens (including phenoxy) is 1. The van der Waals surface area contributed by atoms with E-state index in [0.717, 1.165) is 10.5 Å². The summed E-state index contributed by atoms with van der Waals surface area (Å²) in [4.78, 5) is 26.0. The SMILES string of the molecule is COc1ccc(CN2C(=O)C(Cl)=C(c3ccc(F)cc3)C2=O)cc1. The summed E-state index contributed by atoms with van der Waals surface area (Å²) in [6.45, 7) is 0.0998. The molecular weight excluding hydrogens is 333 g/mol. The highest BCUT2D eigenvalue weighted by molar-refractivity contribution is 6.55. The second-order valence-electron chi connectivity index (χ2n) is 5.24. The maximum atomic E-state index is 13.0. The van der Waals surface area contributed by atoms with Crippen molar-refractivity contribution in [3.8, 4) is 5.75 Å². The summed E-state index contributed by atoms with van der Waals surface area (Å²) >= 11 is 6.06. The number of halogens is 2. The Morgan fingerprint density at radius 2 is 1.62 bits per heavy atom. The molecule has 1 heterocycles. The van der Waals surface area contributed by atoms with Gasteiger partial charge in [0.05, 0.1) is 19.2 Å². The van der Waals surface area contributed by atoms with E-state index in [4.69, 9.17) is 16.3 Å². The zero-order chi connectivity index (χ0) is 17.3. The van der Waals surface area contributed by atoms with Gasteiger partial charge in [-0.2, -0.15) is 0 Å². The Hall–Kier alpha value is -2.66. The number of carbonyl (C=O) groups excluding carboxylic acids is 2. The standard InChI is InChI=1S/C18H13ClFNO3/c1-24-14-8-2-11(3-9-14)10-21-17(22)15(16(19)18(21)23)12-4-6-13(20)7-5-12/h2-9H,10H2,1H3. The molecule has 6 heteroatoms. The Kier molecular flexibility index (Phi) is 4.36. The molecule has 1 aliphatic heterocycles. The smallest absolute Gasteiger partial charge is 0.273 e. The molecule has 122 valence electrons. The van der Waals surface area contributed by atoms with Crippen LogP contribution in [0.15, 0.2) is 53.6 Å². The third-order valence-electron chi connectivity index (χ3n) is 3.74. The number of amides is 2. The first-order valence-corrected chi connectivity index (χ1v) is 7.54.